The number of hydrogen-bond donors (Lipinski definition) is 1. The number of carbonyl (C=O) groups is 1. The quantitative estimate of drug-likeness (QED) is 0.805. The number of cyclic esters (lactones) is 1. The van der Waals surface area contributed by atoms with Crippen LogP contribution in [-0.4, -0.2) is 17.0 Å². The number of nitrogens with zero attached hydrogens (tertiary/aromatic N) is 1. The third-order valence-corrected chi connectivity index (χ3v) is 3.70. The second-order valence-electron chi connectivity index (χ2n) is 4.73. The van der Waals surface area contributed by atoms with Crippen molar-refractivity contribution in [2.24, 2.45) is 4.99 Å². The molecule has 0 amide bonds. The summed E-state index contributed by atoms with van der Waals surface area (Å²) >= 11 is 5.60. The van der Waals surface area contributed by atoms with Gasteiger partial charge in [-0.2, -0.15) is 0 Å². The summed E-state index contributed by atoms with van der Waals surface area (Å²) in [7, 11) is 0. The standard InChI is InChI=1S/C14H11ClFNO3/c15-9-5-10(16)11(6-12(9)18)17-13-7-3-1-2-4-8(7)14(19)20-13/h5-6,18H,1-4H2. The molecule has 1 N–H and O–H groups in total. The number of esters is 1. The highest BCUT2D eigenvalue weighted by molar-refractivity contribution is 6.32. The van der Waals surface area contributed by atoms with Crippen LogP contribution in [0.4, 0.5) is 10.1 Å². The third-order valence-electron chi connectivity index (χ3n) is 3.40. The van der Waals surface area contributed by atoms with E-state index in [9.17, 15) is 14.3 Å². The SMILES string of the molecule is O=C1OC(=Nc2cc(O)c(Cl)cc2F)C2=C1CCCC2. The Balaban J connectivity index is 2.03. The lowest BCUT2D eigenvalue weighted by molar-refractivity contribution is -0.130. The van der Waals surface area contributed by atoms with Crippen LogP contribution in [0.5, 0.6) is 5.75 Å². The Labute approximate surface area is 119 Å². The summed E-state index contributed by atoms with van der Waals surface area (Å²) < 4.78 is 18.8. The van der Waals surface area contributed by atoms with Crippen molar-refractivity contribution in [2.75, 3.05) is 0 Å². The van der Waals surface area contributed by atoms with Gasteiger partial charge in [-0.3, -0.25) is 0 Å². The molecular weight excluding hydrogens is 285 g/mol. The molecular formula is C14H11ClFNO3. The van der Waals surface area contributed by atoms with Crippen molar-refractivity contribution in [2.45, 2.75) is 25.7 Å². The second-order valence-corrected chi connectivity index (χ2v) is 5.13. The second kappa shape index (κ2) is 4.90. The van der Waals surface area contributed by atoms with Crippen molar-refractivity contribution in [3.63, 3.8) is 0 Å². The lowest BCUT2D eigenvalue weighted by Gasteiger charge is -2.09. The van der Waals surface area contributed by atoms with E-state index in [1.165, 1.54) is 0 Å². The van der Waals surface area contributed by atoms with Crippen LogP contribution in [-0.2, 0) is 9.53 Å². The van der Waals surface area contributed by atoms with Crippen molar-refractivity contribution >= 4 is 29.2 Å². The molecule has 0 saturated heterocycles. The zero-order valence-electron chi connectivity index (χ0n) is 10.4. The van der Waals surface area contributed by atoms with Crippen molar-refractivity contribution < 1.29 is 19.0 Å². The van der Waals surface area contributed by atoms with Gasteiger partial charge in [-0.25, -0.2) is 14.2 Å². The van der Waals surface area contributed by atoms with Gasteiger partial charge in [-0.05, 0) is 31.7 Å². The van der Waals surface area contributed by atoms with Gasteiger partial charge in [0.1, 0.15) is 11.4 Å². The van der Waals surface area contributed by atoms with Gasteiger partial charge >= 0.3 is 5.97 Å². The van der Waals surface area contributed by atoms with Crippen LogP contribution >= 0.6 is 11.6 Å². The monoisotopic (exact) mass is 295 g/mol. The number of benzene rings is 1. The number of ether oxygens (including phenoxy) is 1. The van der Waals surface area contributed by atoms with E-state index in [-0.39, 0.29) is 22.4 Å². The first-order valence-corrected chi connectivity index (χ1v) is 6.65. The topological polar surface area (TPSA) is 58.9 Å². The molecule has 0 saturated carbocycles. The molecule has 0 bridgehead atoms. The number of aliphatic imine (C=N–C) groups is 1. The van der Waals surface area contributed by atoms with Crippen LogP contribution in [0.15, 0.2) is 28.3 Å². The first kappa shape index (κ1) is 13.1. The van der Waals surface area contributed by atoms with Gasteiger partial charge in [-0.1, -0.05) is 11.6 Å². The molecule has 20 heavy (non-hydrogen) atoms. The van der Waals surface area contributed by atoms with Gasteiger partial charge in [0.25, 0.3) is 0 Å². The number of hydrogen-bond acceptors (Lipinski definition) is 4. The molecule has 1 aromatic rings. The summed E-state index contributed by atoms with van der Waals surface area (Å²) in [5, 5.41) is 9.40. The molecule has 2 aliphatic rings. The molecule has 0 unspecified atom stereocenters. The van der Waals surface area contributed by atoms with Crippen LogP contribution in [0.2, 0.25) is 5.02 Å². The molecule has 0 radical (unpaired) electrons. The van der Waals surface area contributed by atoms with Gasteiger partial charge in [0.15, 0.2) is 5.82 Å². The summed E-state index contributed by atoms with van der Waals surface area (Å²) in [6, 6.07) is 2.09. The third kappa shape index (κ3) is 2.18. The molecule has 0 aromatic heterocycles. The lowest BCUT2D eigenvalue weighted by Crippen LogP contribution is -2.03. The normalized spacial score (nSPS) is 20.3. The Bertz CT molecular complexity index is 667. The maximum absolute atomic E-state index is 13.7. The average Bonchev–Trinajstić information content (AvgIpc) is 2.74. The van der Waals surface area contributed by atoms with Crippen molar-refractivity contribution in [3.8, 4) is 5.75 Å². The Hall–Kier alpha value is -1.88. The van der Waals surface area contributed by atoms with Gasteiger partial charge in [0.05, 0.1) is 5.02 Å². The number of phenols is 1. The van der Waals surface area contributed by atoms with Crippen LogP contribution < -0.4 is 0 Å². The number of carbonyl (C=O) groups excluding carboxylic acids is 1. The van der Waals surface area contributed by atoms with Gasteiger partial charge in [0, 0.05) is 17.2 Å². The van der Waals surface area contributed by atoms with Crippen LogP contribution in [0.25, 0.3) is 0 Å². The molecule has 4 nitrogen and oxygen atoms in total. The molecule has 1 aromatic carbocycles. The average molecular weight is 296 g/mol. The van der Waals surface area contributed by atoms with Gasteiger partial charge in [0.2, 0.25) is 5.90 Å². The number of halogens is 2. The van der Waals surface area contributed by atoms with E-state index in [2.05, 4.69) is 4.99 Å². The predicted molar refractivity (Wildman–Crippen MR) is 71.8 cm³/mol. The van der Waals surface area contributed by atoms with E-state index in [4.69, 9.17) is 16.3 Å². The zero-order chi connectivity index (χ0) is 14.3. The van der Waals surface area contributed by atoms with Crippen molar-refractivity contribution in [3.05, 3.63) is 34.1 Å². The van der Waals surface area contributed by atoms with E-state index < -0.39 is 11.8 Å². The maximum Gasteiger partial charge on any atom is 0.341 e. The Morgan fingerprint density at radius 1 is 1.25 bits per heavy atom. The zero-order valence-corrected chi connectivity index (χ0v) is 11.2. The fraction of sp³-hybridized carbons (Fsp3) is 0.286. The lowest BCUT2D eigenvalue weighted by atomic mass is 9.93. The van der Waals surface area contributed by atoms with E-state index in [0.717, 1.165) is 30.5 Å². The molecule has 104 valence electrons. The minimum Gasteiger partial charge on any atom is -0.506 e. The van der Waals surface area contributed by atoms with Crippen LogP contribution in [0.1, 0.15) is 25.7 Å². The van der Waals surface area contributed by atoms with Crippen LogP contribution in [0.3, 0.4) is 0 Å². The highest BCUT2D eigenvalue weighted by atomic mass is 35.5. The van der Waals surface area contributed by atoms with E-state index >= 15 is 0 Å². The first-order valence-electron chi connectivity index (χ1n) is 6.27. The van der Waals surface area contributed by atoms with Gasteiger partial charge in [-0.15, -0.1) is 0 Å². The summed E-state index contributed by atoms with van der Waals surface area (Å²) in [4.78, 5) is 15.7. The summed E-state index contributed by atoms with van der Waals surface area (Å²) in [6.07, 6.45) is 3.25. The highest BCUT2D eigenvalue weighted by Crippen LogP contribution is 2.35. The Kier molecular flexibility index (Phi) is 3.22. The molecule has 1 aliphatic heterocycles. The molecule has 0 fully saturated rings. The van der Waals surface area contributed by atoms with Crippen molar-refractivity contribution in [1.82, 2.24) is 0 Å². The molecule has 3 rings (SSSR count). The summed E-state index contributed by atoms with van der Waals surface area (Å²) in [5.41, 5.74) is 1.28. The molecule has 0 atom stereocenters. The maximum atomic E-state index is 13.7. The minimum atomic E-state index is -0.679. The fourth-order valence-corrected chi connectivity index (χ4v) is 2.54. The van der Waals surface area contributed by atoms with Crippen LogP contribution in [0, 0.1) is 5.82 Å². The minimum absolute atomic E-state index is 0.0903. The molecule has 1 heterocycles. The fourth-order valence-electron chi connectivity index (χ4n) is 2.39. The largest absolute Gasteiger partial charge is 0.506 e. The molecule has 0 spiro atoms. The molecule has 6 heteroatoms. The van der Waals surface area contributed by atoms with Gasteiger partial charge < -0.3 is 9.84 Å². The number of aromatic hydroxyl groups is 1. The summed E-state index contributed by atoms with van der Waals surface area (Å²) in [5.74, 6) is -1.22. The Morgan fingerprint density at radius 3 is 2.70 bits per heavy atom. The first-order chi connectivity index (χ1) is 9.56. The van der Waals surface area contributed by atoms with E-state index in [1.807, 2.05) is 0 Å². The summed E-state index contributed by atoms with van der Waals surface area (Å²) in [6.45, 7) is 0. The number of phenolic OH excluding ortho intramolecular Hbond substituents is 1. The van der Waals surface area contributed by atoms with E-state index in [1.54, 1.807) is 0 Å². The highest BCUT2D eigenvalue weighted by Gasteiger charge is 2.32. The molecule has 1 aliphatic carbocycles. The number of rotatable bonds is 1. The van der Waals surface area contributed by atoms with Crippen molar-refractivity contribution in [1.29, 1.82) is 0 Å². The van der Waals surface area contributed by atoms with E-state index in [0.29, 0.717) is 18.4 Å². The predicted octanol–water partition coefficient (Wildman–Crippen LogP) is 3.64. The Morgan fingerprint density at radius 2 is 1.95 bits per heavy atom. The smallest absolute Gasteiger partial charge is 0.341 e.